The number of aliphatic hydroxyl groups excluding tert-OH is 2. The first-order chi connectivity index (χ1) is 12.7. The molecule has 0 saturated heterocycles. The Labute approximate surface area is 164 Å². The van der Waals surface area contributed by atoms with Gasteiger partial charge >= 0.3 is 5.97 Å². The number of carboxylic acids is 1. The second-order valence-electron chi connectivity index (χ2n) is 8.74. The molecular formula is C22H40O5. The number of hydrogen-bond acceptors (Lipinski definition) is 4. The molecule has 27 heavy (non-hydrogen) atoms. The fourth-order valence-corrected chi connectivity index (χ4v) is 4.67. The van der Waals surface area contributed by atoms with Gasteiger partial charge in [0.2, 0.25) is 0 Å². The highest BCUT2D eigenvalue weighted by molar-refractivity contribution is 5.66. The molecule has 4 N–H and O–H groups in total. The zero-order chi connectivity index (χ0) is 20.4. The van der Waals surface area contributed by atoms with Gasteiger partial charge in [-0.25, -0.2) is 0 Å². The highest BCUT2D eigenvalue weighted by atomic mass is 16.4. The summed E-state index contributed by atoms with van der Waals surface area (Å²) in [6, 6.07) is 0. The molecular weight excluding hydrogens is 344 g/mol. The van der Waals surface area contributed by atoms with Crippen LogP contribution < -0.4 is 0 Å². The predicted molar refractivity (Wildman–Crippen MR) is 107 cm³/mol. The first-order valence-electron chi connectivity index (χ1n) is 10.6. The number of rotatable bonds is 13. The van der Waals surface area contributed by atoms with Crippen LogP contribution in [0.4, 0.5) is 0 Å². The minimum atomic E-state index is -0.780. The minimum Gasteiger partial charge on any atom is -0.481 e. The van der Waals surface area contributed by atoms with E-state index >= 15 is 0 Å². The topological polar surface area (TPSA) is 98.0 Å². The summed E-state index contributed by atoms with van der Waals surface area (Å²) >= 11 is 0. The van der Waals surface area contributed by atoms with Gasteiger partial charge in [0.25, 0.3) is 0 Å². The number of aliphatic hydroxyl groups is 3. The third-order valence-corrected chi connectivity index (χ3v) is 5.99. The molecule has 0 spiro atoms. The fourth-order valence-electron chi connectivity index (χ4n) is 4.67. The van der Waals surface area contributed by atoms with Crippen LogP contribution in [0.2, 0.25) is 0 Å². The van der Waals surface area contributed by atoms with Gasteiger partial charge in [0.1, 0.15) is 0 Å². The van der Waals surface area contributed by atoms with Gasteiger partial charge in [0.05, 0.1) is 17.8 Å². The van der Waals surface area contributed by atoms with Crippen molar-refractivity contribution in [3.8, 4) is 0 Å². The Kier molecular flexibility index (Phi) is 10.6. The molecule has 0 aromatic carbocycles. The first kappa shape index (κ1) is 24.1. The van der Waals surface area contributed by atoms with Crippen LogP contribution in [-0.2, 0) is 4.79 Å². The molecule has 0 bridgehead atoms. The summed E-state index contributed by atoms with van der Waals surface area (Å²) in [5.74, 6) is -0.699. The smallest absolute Gasteiger partial charge is 0.303 e. The van der Waals surface area contributed by atoms with E-state index in [-0.39, 0.29) is 24.2 Å². The Morgan fingerprint density at radius 1 is 1.19 bits per heavy atom. The van der Waals surface area contributed by atoms with Crippen molar-refractivity contribution in [3.63, 3.8) is 0 Å². The molecule has 1 fully saturated rings. The lowest BCUT2D eigenvalue weighted by Crippen LogP contribution is -2.34. The molecule has 6 atom stereocenters. The fraction of sp³-hybridized carbons (Fsp3) is 0.864. The molecule has 0 heterocycles. The van der Waals surface area contributed by atoms with Crippen LogP contribution >= 0.6 is 0 Å². The number of allylic oxidation sites excluding steroid dienone is 2. The largest absolute Gasteiger partial charge is 0.481 e. The van der Waals surface area contributed by atoms with Gasteiger partial charge in [-0.05, 0) is 63.2 Å². The number of aliphatic carboxylic acids is 1. The molecule has 1 aliphatic rings. The average Bonchev–Trinajstić information content (AvgIpc) is 2.83. The van der Waals surface area contributed by atoms with Gasteiger partial charge in [-0.3, -0.25) is 4.79 Å². The van der Waals surface area contributed by atoms with Crippen LogP contribution in [0.5, 0.6) is 0 Å². The summed E-state index contributed by atoms with van der Waals surface area (Å²) in [5, 5.41) is 40.3. The standard InChI is InChI=1S/C22H40O5/c1-4-5-10-13-22(3,27)15-16(2)21-17(18(23)14-19(21)24)11-8-6-7-9-12-20(25)26/h6,8,16-19,21,23-24,27H,4-5,7,9-15H2,1-3H3,(H,25,26)/b8-6-/t16?,17-,18-,19+,21+,22-/m0/s1. The van der Waals surface area contributed by atoms with Crippen molar-refractivity contribution in [1.29, 1.82) is 0 Å². The monoisotopic (exact) mass is 384 g/mol. The Hall–Kier alpha value is -0.910. The van der Waals surface area contributed by atoms with Crippen molar-refractivity contribution in [1.82, 2.24) is 0 Å². The third kappa shape index (κ3) is 8.75. The lowest BCUT2D eigenvalue weighted by molar-refractivity contribution is -0.137. The minimum absolute atomic E-state index is 0.0165. The van der Waals surface area contributed by atoms with Crippen LogP contribution in [0.1, 0.15) is 85.0 Å². The second-order valence-corrected chi connectivity index (χ2v) is 8.74. The Balaban J connectivity index is 2.58. The van der Waals surface area contributed by atoms with Crippen molar-refractivity contribution < 1.29 is 25.2 Å². The lowest BCUT2D eigenvalue weighted by Gasteiger charge is -2.34. The molecule has 5 nitrogen and oxygen atoms in total. The molecule has 0 aliphatic heterocycles. The number of carboxylic acid groups (broad SMARTS) is 1. The highest BCUT2D eigenvalue weighted by Crippen LogP contribution is 2.42. The quantitative estimate of drug-likeness (QED) is 0.285. The van der Waals surface area contributed by atoms with Gasteiger partial charge < -0.3 is 20.4 Å². The van der Waals surface area contributed by atoms with E-state index in [1.54, 1.807) is 0 Å². The van der Waals surface area contributed by atoms with Crippen molar-refractivity contribution in [2.75, 3.05) is 0 Å². The van der Waals surface area contributed by atoms with E-state index in [2.05, 4.69) is 13.8 Å². The summed E-state index contributed by atoms with van der Waals surface area (Å²) < 4.78 is 0. The molecule has 0 amide bonds. The van der Waals surface area contributed by atoms with E-state index in [1.165, 1.54) is 0 Å². The van der Waals surface area contributed by atoms with Gasteiger partial charge in [0, 0.05) is 6.42 Å². The van der Waals surface area contributed by atoms with E-state index < -0.39 is 23.8 Å². The molecule has 1 rings (SSSR count). The summed E-state index contributed by atoms with van der Waals surface area (Å²) in [7, 11) is 0. The van der Waals surface area contributed by atoms with Crippen LogP contribution in [0, 0.1) is 17.8 Å². The molecule has 0 radical (unpaired) electrons. The Morgan fingerprint density at radius 3 is 2.52 bits per heavy atom. The van der Waals surface area contributed by atoms with Crippen LogP contribution in [0.3, 0.4) is 0 Å². The highest BCUT2D eigenvalue weighted by Gasteiger charge is 2.44. The number of carbonyl (C=O) groups is 1. The van der Waals surface area contributed by atoms with Crippen molar-refractivity contribution >= 4 is 5.97 Å². The van der Waals surface area contributed by atoms with Crippen molar-refractivity contribution in [2.24, 2.45) is 17.8 Å². The molecule has 5 heteroatoms. The van der Waals surface area contributed by atoms with E-state index in [9.17, 15) is 20.1 Å². The van der Waals surface area contributed by atoms with E-state index in [0.29, 0.717) is 32.1 Å². The van der Waals surface area contributed by atoms with Crippen LogP contribution in [0.15, 0.2) is 12.2 Å². The maximum atomic E-state index is 10.7. The van der Waals surface area contributed by atoms with E-state index in [1.807, 2.05) is 19.1 Å². The van der Waals surface area contributed by atoms with Gasteiger partial charge in [-0.2, -0.15) is 0 Å². The first-order valence-corrected chi connectivity index (χ1v) is 10.6. The van der Waals surface area contributed by atoms with E-state index in [0.717, 1.165) is 25.7 Å². The third-order valence-electron chi connectivity index (χ3n) is 5.99. The molecule has 158 valence electrons. The normalized spacial score (nSPS) is 29.1. The van der Waals surface area contributed by atoms with Crippen LogP contribution in [-0.4, -0.2) is 44.2 Å². The van der Waals surface area contributed by atoms with Crippen molar-refractivity contribution in [2.45, 2.75) is 103 Å². The molecule has 1 unspecified atom stereocenters. The SMILES string of the molecule is CCCCC[C@](C)(O)CC(C)[C@@H]1[C@@H](C/C=C\CCCC(=O)O)[C@@H](O)C[C@H]1O. The average molecular weight is 385 g/mol. The zero-order valence-electron chi connectivity index (χ0n) is 17.3. The summed E-state index contributed by atoms with van der Waals surface area (Å²) in [5.41, 5.74) is -0.737. The van der Waals surface area contributed by atoms with E-state index in [4.69, 9.17) is 5.11 Å². The molecule has 0 aromatic heterocycles. The molecule has 1 saturated carbocycles. The number of unbranched alkanes of at least 4 members (excludes halogenated alkanes) is 3. The maximum Gasteiger partial charge on any atom is 0.303 e. The summed E-state index contributed by atoms with van der Waals surface area (Å²) in [4.78, 5) is 10.5. The van der Waals surface area contributed by atoms with Crippen LogP contribution in [0.25, 0.3) is 0 Å². The molecule has 0 aromatic rings. The Bertz CT molecular complexity index is 460. The Morgan fingerprint density at radius 2 is 1.89 bits per heavy atom. The maximum absolute atomic E-state index is 10.7. The zero-order valence-corrected chi connectivity index (χ0v) is 17.3. The van der Waals surface area contributed by atoms with Crippen molar-refractivity contribution in [3.05, 3.63) is 12.2 Å². The lowest BCUT2D eigenvalue weighted by atomic mass is 9.75. The number of hydrogen-bond donors (Lipinski definition) is 4. The molecule has 1 aliphatic carbocycles. The van der Waals surface area contributed by atoms with Gasteiger partial charge in [0.15, 0.2) is 0 Å². The van der Waals surface area contributed by atoms with Gasteiger partial charge in [-0.15, -0.1) is 0 Å². The summed E-state index contributed by atoms with van der Waals surface area (Å²) in [6.45, 7) is 6.10. The summed E-state index contributed by atoms with van der Waals surface area (Å²) in [6.07, 6.45) is 10.1. The predicted octanol–water partition coefficient (Wildman–Crippen LogP) is 3.90. The second kappa shape index (κ2) is 11.8. The van der Waals surface area contributed by atoms with Gasteiger partial charge in [-0.1, -0.05) is 45.3 Å².